The van der Waals surface area contributed by atoms with Crippen LogP contribution in [0, 0.1) is 0 Å². The second-order valence-electron chi connectivity index (χ2n) is 7.37. The van der Waals surface area contributed by atoms with E-state index >= 15 is 0 Å². The molecule has 1 fully saturated rings. The number of nitrogens with zero attached hydrogens (tertiary/aromatic N) is 1. The number of para-hydroxylation sites is 1. The van der Waals surface area contributed by atoms with Crippen LogP contribution >= 0.6 is 11.3 Å². The molecule has 4 rings (SSSR count). The van der Waals surface area contributed by atoms with Gasteiger partial charge in [0.15, 0.2) is 0 Å². The van der Waals surface area contributed by atoms with Gasteiger partial charge in [-0.3, -0.25) is 0 Å². The van der Waals surface area contributed by atoms with Gasteiger partial charge in [-0.1, -0.05) is 35.6 Å². The first-order chi connectivity index (χ1) is 15.0. The Bertz CT molecular complexity index is 1050. The van der Waals surface area contributed by atoms with Crippen molar-refractivity contribution in [2.75, 3.05) is 6.61 Å². The van der Waals surface area contributed by atoms with Crippen molar-refractivity contribution in [3.8, 4) is 5.75 Å². The van der Waals surface area contributed by atoms with Crippen molar-refractivity contribution >= 4 is 33.7 Å². The molecule has 4 N–H and O–H groups in total. The van der Waals surface area contributed by atoms with Gasteiger partial charge in [0.05, 0.1) is 6.61 Å². The molecule has 0 spiro atoms. The Kier molecular flexibility index (Phi) is 6.66. The number of ether oxygens (including phenoxy) is 2. The standard InChI is InChI=1S/C23H26NO6S/c1-2-24-16-5-3-4-6-18(16)31-19(24)12-9-14-7-10-15(11-8-14)29-23-22(28)21(27)20(26)17(13-25)30-23/h3-12,17,20-23,25-28H,2,13H2,1H3/q+1/b12-9+/t17-,20+,21+,22-,23-/m1/s1. The van der Waals surface area contributed by atoms with Gasteiger partial charge < -0.3 is 29.9 Å². The summed E-state index contributed by atoms with van der Waals surface area (Å²) in [5.41, 5.74) is 2.19. The van der Waals surface area contributed by atoms with Crippen LogP contribution in [0.2, 0.25) is 0 Å². The maximum absolute atomic E-state index is 10.1. The van der Waals surface area contributed by atoms with Crippen molar-refractivity contribution in [1.29, 1.82) is 0 Å². The molecule has 1 aliphatic heterocycles. The largest absolute Gasteiger partial charge is 0.462 e. The summed E-state index contributed by atoms with van der Waals surface area (Å²) < 4.78 is 14.5. The molecule has 1 aliphatic rings. The summed E-state index contributed by atoms with van der Waals surface area (Å²) in [6.45, 7) is 2.52. The highest BCUT2D eigenvalue weighted by molar-refractivity contribution is 7.18. The quantitative estimate of drug-likeness (QED) is 0.431. The van der Waals surface area contributed by atoms with Crippen molar-refractivity contribution < 1.29 is 34.5 Å². The normalized spacial score (nSPS) is 26.5. The third-order valence-electron chi connectivity index (χ3n) is 5.35. The van der Waals surface area contributed by atoms with Gasteiger partial charge >= 0.3 is 0 Å². The predicted molar refractivity (Wildman–Crippen MR) is 117 cm³/mol. The first-order valence-electron chi connectivity index (χ1n) is 10.2. The minimum absolute atomic E-state index is 0.437. The van der Waals surface area contributed by atoms with Crippen LogP contribution in [0.3, 0.4) is 0 Å². The van der Waals surface area contributed by atoms with E-state index in [4.69, 9.17) is 9.47 Å². The van der Waals surface area contributed by atoms with E-state index in [1.54, 1.807) is 23.5 Å². The molecule has 0 aliphatic carbocycles. The molecule has 0 bridgehead atoms. The van der Waals surface area contributed by atoms with E-state index in [1.165, 1.54) is 10.2 Å². The fourth-order valence-electron chi connectivity index (χ4n) is 3.63. The SMILES string of the molecule is CC[n+]1c(/C=C/c2ccc(O[C@@H]3O[C@H](CO)[C@H](O)[C@H](O)[C@H]3O)cc2)sc2ccccc21. The van der Waals surface area contributed by atoms with Crippen LogP contribution in [0.5, 0.6) is 5.75 Å². The number of rotatable bonds is 6. The maximum atomic E-state index is 10.1. The fraction of sp³-hybridized carbons (Fsp3) is 0.348. The minimum Gasteiger partial charge on any atom is -0.462 e. The average Bonchev–Trinajstić information content (AvgIpc) is 3.16. The van der Waals surface area contributed by atoms with Crippen molar-refractivity contribution in [2.24, 2.45) is 0 Å². The molecule has 5 atom stereocenters. The molecule has 0 amide bonds. The third-order valence-corrected chi connectivity index (χ3v) is 6.48. The Balaban J connectivity index is 1.46. The zero-order valence-corrected chi connectivity index (χ0v) is 17.9. The number of hydrogen-bond donors (Lipinski definition) is 4. The number of aryl methyl sites for hydroxylation is 1. The van der Waals surface area contributed by atoms with Crippen LogP contribution in [0.15, 0.2) is 48.5 Å². The first-order valence-corrected chi connectivity index (χ1v) is 11.0. The summed E-state index contributed by atoms with van der Waals surface area (Å²) in [6.07, 6.45) is -2.40. The van der Waals surface area contributed by atoms with E-state index in [2.05, 4.69) is 29.7 Å². The highest BCUT2D eigenvalue weighted by Crippen LogP contribution is 2.25. The van der Waals surface area contributed by atoms with Gasteiger partial charge in [-0.2, -0.15) is 4.57 Å². The molecule has 8 heteroatoms. The van der Waals surface area contributed by atoms with Gasteiger partial charge in [0.1, 0.15) is 41.4 Å². The highest BCUT2D eigenvalue weighted by Gasteiger charge is 2.44. The maximum Gasteiger partial charge on any atom is 0.262 e. The zero-order valence-electron chi connectivity index (χ0n) is 17.0. The molecule has 164 valence electrons. The van der Waals surface area contributed by atoms with E-state index in [0.717, 1.165) is 17.1 Å². The lowest BCUT2D eigenvalue weighted by Gasteiger charge is -2.39. The number of thiazole rings is 1. The smallest absolute Gasteiger partial charge is 0.262 e. The average molecular weight is 445 g/mol. The Labute approximate surface area is 184 Å². The second kappa shape index (κ2) is 9.44. The summed E-state index contributed by atoms with van der Waals surface area (Å²) >= 11 is 1.74. The number of benzene rings is 2. The van der Waals surface area contributed by atoms with Gasteiger partial charge in [-0.15, -0.1) is 0 Å². The Morgan fingerprint density at radius 2 is 1.74 bits per heavy atom. The van der Waals surface area contributed by atoms with Crippen molar-refractivity contribution in [1.82, 2.24) is 0 Å². The first kappa shape index (κ1) is 21.9. The molecule has 7 nitrogen and oxygen atoms in total. The fourth-order valence-corrected chi connectivity index (χ4v) is 4.76. The van der Waals surface area contributed by atoms with Crippen LogP contribution in [0.1, 0.15) is 17.5 Å². The number of aromatic nitrogens is 1. The summed E-state index contributed by atoms with van der Waals surface area (Å²) in [7, 11) is 0. The lowest BCUT2D eigenvalue weighted by Crippen LogP contribution is -2.60. The van der Waals surface area contributed by atoms with Gasteiger partial charge in [0, 0.05) is 12.1 Å². The van der Waals surface area contributed by atoms with Gasteiger partial charge in [-0.05, 0) is 36.8 Å². The molecule has 0 radical (unpaired) electrons. The van der Waals surface area contributed by atoms with Crippen LogP contribution in [-0.4, -0.2) is 57.7 Å². The lowest BCUT2D eigenvalue weighted by molar-refractivity contribution is -0.665. The molecule has 2 heterocycles. The second-order valence-corrected chi connectivity index (χ2v) is 8.43. The van der Waals surface area contributed by atoms with Crippen LogP contribution in [0.4, 0.5) is 0 Å². The van der Waals surface area contributed by atoms with E-state index in [9.17, 15) is 20.4 Å². The molecule has 0 unspecified atom stereocenters. The van der Waals surface area contributed by atoms with E-state index in [-0.39, 0.29) is 0 Å². The number of hydrogen-bond acceptors (Lipinski definition) is 7. The zero-order chi connectivity index (χ0) is 22.0. The van der Waals surface area contributed by atoms with Gasteiger partial charge in [0.25, 0.3) is 5.01 Å². The van der Waals surface area contributed by atoms with Gasteiger partial charge in [0.2, 0.25) is 11.8 Å². The minimum atomic E-state index is -1.47. The van der Waals surface area contributed by atoms with Crippen LogP contribution in [-0.2, 0) is 11.3 Å². The molecule has 1 aromatic heterocycles. The van der Waals surface area contributed by atoms with E-state index < -0.39 is 37.3 Å². The lowest BCUT2D eigenvalue weighted by atomic mass is 9.99. The Hall–Kier alpha value is -2.33. The molecule has 31 heavy (non-hydrogen) atoms. The summed E-state index contributed by atoms with van der Waals surface area (Å²) in [6, 6.07) is 15.6. The Morgan fingerprint density at radius 1 is 1.00 bits per heavy atom. The monoisotopic (exact) mass is 444 g/mol. The summed E-state index contributed by atoms with van der Waals surface area (Å²) in [4.78, 5) is 0. The molecule has 1 saturated heterocycles. The highest BCUT2D eigenvalue weighted by atomic mass is 32.1. The molecular weight excluding hydrogens is 418 g/mol. The number of aliphatic hydroxyl groups is 4. The van der Waals surface area contributed by atoms with Gasteiger partial charge in [-0.25, -0.2) is 0 Å². The summed E-state index contributed by atoms with van der Waals surface area (Å²) in [5, 5.41) is 40.3. The number of aliphatic hydroxyl groups excluding tert-OH is 4. The number of fused-ring (bicyclic) bond motifs is 1. The molecular formula is C23H26NO6S+. The Morgan fingerprint density at radius 3 is 2.45 bits per heavy atom. The van der Waals surface area contributed by atoms with Crippen molar-refractivity contribution in [3.05, 3.63) is 59.1 Å². The molecule has 2 aromatic carbocycles. The predicted octanol–water partition coefficient (Wildman–Crippen LogP) is 1.56. The van der Waals surface area contributed by atoms with E-state index in [1.807, 2.05) is 30.3 Å². The van der Waals surface area contributed by atoms with Crippen molar-refractivity contribution in [2.45, 2.75) is 44.2 Å². The summed E-state index contributed by atoms with van der Waals surface area (Å²) in [5.74, 6) is 0.437. The topological polar surface area (TPSA) is 103 Å². The third kappa shape index (κ3) is 4.50. The van der Waals surface area contributed by atoms with Crippen molar-refractivity contribution in [3.63, 3.8) is 0 Å². The van der Waals surface area contributed by atoms with Crippen LogP contribution < -0.4 is 9.30 Å². The van der Waals surface area contributed by atoms with Crippen LogP contribution in [0.25, 0.3) is 22.4 Å². The molecule has 3 aromatic rings. The molecule has 0 saturated carbocycles. The van der Waals surface area contributed by atoms with E-state index in [0.29, 0.717) is 5.75 Å².